The number of nitrogens with zero attached hydrogens (tertiary/aromatic N) is 2. The van der Waals surface area contributed by atoms with Gasteiger partial charge in [-0.15, -0.1) is 0 Å². The van der Waals surface area contributed by atoms with E-state index < -0.39 is 0 Å². The molecule has 0 aromatic carbocycles. The SMILES string of the molecule is CC1CCCC1n1cncc1C(N)C1CCOC1. The number of hydrogen-bond donors (Lipinski definition) is 1. The van der Waals surface area contributed by atoms with Crippen LogP contribution in [0.2, 0.25) is 0 Å². The van der Waals surface area contributed by atoms with E-state index in [1.54, 1.807) is 0 Å². The number of aromatic nitrogens is 2. The maximum atomic E-state index is 6.42. The van der Waals surface area contributed by atoms with Gasteiger partial charge in [0.25, 0.3) is 0 Å². The minimum Gasteiger partial charge on any atom is -0.381 e. The molecule has 18 heavy (non-hydrogen) atoms. The van der Waals surface area contributed by atoms with E-state index in [-0.39, 0.29) is 6.04 Å². The lowest BCUT2D eigenvalue weighted by atomic mass is 9.96. The van der Waals surface area contributed by atoms with Crippen LogP contribution in [0.1, 0.15) is 50.4 Å². The van der Waals surface area contributed by atoms with Crippen molar-refractivity contribution < 1.29 is 4.74 Å². The van der Waals surface area contributed by atoms with Gasteiger partial charge in [-0.1, -0.05) is 13.3 Å². The molecule has 0 bridgehead atoms. The summed E-state index contributed by atoms with van der Waals surface area (Å²) in [7, 11) is 0. The van der Waals surface area contributed by atoms with E-state index in [9.17, 15) is 0 Å². The van der Waals surface area contributed by atoms with Crippen molar-refractivity contribution >= 4 is 0 Å². The summed E-state index contributed by atoms with van der Waals surface area (Å²) in [5, 5.41) is 0. The molecular formula is C14H23N3O. The highest BCUT2D eigenvalue weighted by Crippen LogP contribution is 2.38. The minimum absolute atomic E-state index is 0.0720. The number of ether oxygens (including phenoxy) is 1. The molecule has 1 aromatic heterocycles. The normalized spacial score (nSPS) is 34.0. The molecule has 100 valence electrons. The molecule has 3 rings (SSSR count). The van der Waals surface area contributed by atoms with Gasteiger partial charge in [-0.25, -0.2) is 4.98 Å². The standard InChI is InChI=1S/C14H23N3O/c1-10-3-2-4-12(10)17-9-16-7-13(17)14(15)11-5-6-18-8-11/h7,9-12,14H,2-6,8,15H2,1H3. The summed E-state index contributed by atoms with van der Waals surface area (Å²) in [5.74, 6) is 1.20. The van der Waals surface area contributed by atoms with Crippen molar-refractivity contribution in [2.75, 3.05) is 13.2 Å². The smallest absolute Gasteiger partial charge is 0.0951 e. The van der Waals surface area contributed by atoms with Crippen molar-refractivity contribution in [1.29, 1.82) is 0 Å². The number of hydrogen-bond acceptors (Lipinski definition) is 3. The molecular weight excluding hydrogens is 226 g/mol. The molecule has 4 unspecified atom stereocenters. The first-order valence-corrected chi connectivity index (χ1v) is 7.12. The summed E-state index contributed by atoms with van der Waals surface area (Å²) in [6.45, 7) is 3.99. The monoisotopic (exact) mass is 249 g/mol. The van der Waals surface area contributed by atoms with Crippen LogP contribution in [0.4, 0.5) is 0 Å². The summed E-state index contributed by atoms with van der Waals surface area (Å²) in [5.41, 5.74) is 7.62. The fourth-order valence-electron chi connectivity index (χ4n) is 3.47. The van der Waals surface area contributed by atoms with Gasteiger partial charge < -0.3 is 15.0 Å². The van der Waals surface area contributed by atoms with Crippen molar-refractivity contribution in [1.82, 2.24) is 9.55 Å². The van der Waals surface area contributed by atoms with Gasteiger partial charge in [0.15, 0.2) is 0 Å². The van der Waals surface area contributed by atoms with Crippen LogP contribution in [0.5, 0.6) is 0 Å². The summed E-state index contributed by atoms with van der Waals surface area (Å²) in [4.78, 5) is 4.34. The van der Waals surface area contributed by atoms with E-state index in [2.05, 4.69) is 16.5 Å². The molecule has 2 N–H and O–H groups in total. The lowest BCUT2D eigenvalue weighted by molar-refractivity contribution is 0.179. The Morgan fingerprint density at radius 2 is 2.33 bits per heavy atom. The third-order valence-corrected chi connectivity index (χ3v) is 4.68. The molecule has 0 spiro atoms. The first-order valence-electron chi connectivity index (χ1n) is 7.12. The van der Waals surface area contributed by atoms with E-state index in [0.717, 1.165) is 25.6 Å². The van der Waals surface area contributed by atoms with Crippen LogP contribution >= 0.6 is 0 Å². The van der Waals surface area contributed by atoms with Gasteiger partial charge in [0.05, 0.1) is 24.7 Å². The van der Waals surface area contributed by atoms with Crippen LogP contribution in [0.25, 0.3) is 0 Å². The predicted molar refractivity (Wildman–Crippen MR) is 70.1 cm³/mol. The summed E-state index contributed by atoms with van der Waals surface area (Å²) in [6.07, 6.45) is 8.91. The van der Waals surface area contributed by atoms with Gasteiger partial charge in [-0.05, 0) is 25.2 Å². The fraction of sp³-hybridized carbons (Fsp3) is 0.786. The molecule has 0 amide bonds. The zero-order chi connectivity index (χ0) is 12.5. The number of rotatable bonds is 3. The molecule has 2 fully saturated rings. The lowest BCUT2D eigenvalue weighted by Crippen LogP contribution is -2.26. The third kappa shape index (κ3) is 2.08. The van der Waals surface area contributed by atoms with Gasteiger partial charge in [-0.2, -0.15) is 0 Å². The van der Waals surface area contributed by atoms with Crippen LogP contribution in [0.15, 0.2) is 12.5 Å². The van der Waals surface area contributed by atoms with Crippen molar-refractivity contribution in [3.8, 4) is 0 Å². The van der Waals surface area contributed by atoms with Crippen LogP contribution in [-0.2, 0) is 4.74 Å². The van der Waals surface area contributed by atoms with Crippen LogP contribution in [-0.4, -0.2) is 22.8 Å². The Hall–Kier alpha value is -0.870. The van der Waals surface area contributed by atoms with E-state index in [1.165, 1.54) is 25.0 Å². The Labute approximate surface area is 109 Å². The first-order chi connectivity index (χ1) is 8.77. The third-order valence-electron chi connectivity index (χ3n) is 4.68. The predicted octanol–water partition coefficient (Wildman–Crippen LogP) is 2.28. The van der Waals surface area contributed by atoms with E-state index in [4.69, 9.17) is 10.5 Å². The zero-order valence-corrected chi connectivity index (χ0v) is 11.1. The molecule has 2 aliphatic rings. The minimum atomic E-state index is 0.0720. The topological polar surface area (TPSA) is 53.1 Å². The van der Waals surface area contributed by atoms with Gasteiger partial charge in [0.2, 0.25) is 0 Å². The Balaban J connectivity index is 1.81. The maximum Gasteiger partial charge on any atom is 0.0951 e. The number of imidazole rings is 1. The van der Waals surface area contributed by atoms with Crippen LogP contribution < -0.4 is 5.73 Å². The summed E-state index contributed by atoms with van der Waals surface area (Å²) in [6, 6.07) is 0.665. The Morgan fingerprint density at radius 1 is 1.44 bits per heavy atom. The van der Waals surface area contributed by atoms with Crippen LogP contribution in [0, 0.1) is 11.8 Å². The lowest BCUT2D eigenvalue weighted by Gasteiger charge is -2.25. The van der Waals surface area contributed by atoms with Crippen LogP contribution in [0.3, 0.4) is 0 Å². The molecule has 1 aliphatic heterocycles. The Bertz CT molecular complexity index is 397. The van der Waals surface area contributed by atoms with E-state index in [1.807, 2.05) is 12.5 Å². The van der Waals surface area contributed by atoms with Crippen molar-refractivity contribution in [3.05, 3.63) is 18.2 Å². The van der Waals surface area contributed by atoms with Gasteiger partial charge in [-0.3, -0.25) is 0 Å². The van der Waals surface area contributed by atoms with E-state index in [0.29, 0.717) is 12.0 Å². The molecule has 1 saturated carbocycles. The average Bonchev–Trinajstić information content (AvgIpc) is 3.09. The zero-order valence-electron chi connectivity index (χ0n) is 11.1. The number of nitrogens with two attached hydrogens (primary N) is 1. The molecule has 4 heteroatoms. The second kappa shape index (κ2) is 5.02. The highest BCUT2D eigenvalue weighted by molar-refractivity contribution is 5.09. The molecule has 1 aromatic rings. The molecule has 1 aliphatic carbocycles. The second-order valence-electron chi connectivity index (χ2n) is 5.85. The van der Waals surface area contributed by atoms with Gasteiger partial charge >= 0.3 is 0 Å². The van der Waals surface area contributed by atoms with Crippen molar-refractivity contribution in [3.63, 3.8) is 0 Å². The van der Waals surface area contributed by atoms with Crippen molar-refractivity contribution in [2.24, 2.45) is 17.6 Å². The molecule has 0 radical (unpaired) electrons. The van der Waals surface area contributed by atoms with Crippen molar-refractivity contribution in [2.45, 2.75) is 44.7 Å². The largest absolute Gasteiger partial charge is 0.381 e. The highest BCUT2D eigenvalue weighted by Gasteiger charge is 2.31. The van der Waals surface area contributed by atoms with Gasteiger partial charge in [0, 0.05) is 24.8 Å². The first kappa shape index (κ1) is 12.2. The Kier molecular flexibility index (Phi) is 3.39. The second-order valence-corrected chi connectivity index (χ2v) is 5.85. The molecule has 1 saturated heterocycles. The Morgan fingerprint density at radius 3 is 3.00 bits per heavy atom. The van der Waals surface area contributed by atoms with Gasteiger partial charge in [0.1, 0.15) is 0 Å². The summed E-state index contributed by atoms with van der Waals surface area (Å²) < 4.78 is 7.79. The maximum absolute atomic E-state index is 6.42. The fourth-order valence-corrected chi connectivity index (χ4v) is 3.47. The summed E-state index contributed by atoms with van der Waals surface area (Å²) >= 11 is 0. The highest BCUT2D eigenvalue weighted by atomic mass is 16.5. The average molecular weight is 249 g/mol. The molecule has 4 atom stereocenters. The molecule has 4 nitrogen and oxygen atoms in total. The molecule has 2 heterocycles. The van der Waals surface area contributed by atoms with E-state index >= 15 is 0 Å². The quantitative estimate of drug-likeness (QED) is 0.894.